The van der Waals surface area contributed by atoms with E-state index in [-0.39, 0.29) is 5.57 Å². The van der Waals surface area contributed by atoms with Crippen molar-refractivity contribution in [2.24, 2.45) is 0 Å². The van der Waals surface area contributed by atoms with Crippen LogP contribution in [0.15, 0.2) is 90.5 Å². The Hall–Kier alpha value is -4.34. The third kappa shape index (κ3) is 4.95. The number of hydrogen-bond acceptors (Lipinski definition) is 4. The van der Waals surface area contributed by atoms with Gasteiger partial charge in [0.1, 0.15) is 22.5 Å². The molecule has 0 saturated heterocycles. The van der Waals surface area contributed by atoms with Crippen LogP contribution in [0.25, 0.3) is 11.8 Å². The van der Waals surface area contributed by atoms with Gasteiger partial charge in [-0.25, -0.2) is 4.68 Å². The predicted molar refractivity (Wildman–Crippen MR) is 128 cm³/mol. The molecule has 0 bridgehead atoms. The summed E-state index contributed by atoms with van der Waals surface area (Å²) in [6.45, 7) is 1.77. The lowest BCUT2D eigenvalue weighted by Crippen LogP contribution is -2.14. The maximum absolute atomic E-state index is 12.9. The second kappa shape index (κ2) is 9.86. The molecule has 0 aliphatic rings. The van der Waals surface area contributed by atoms with Gasteiger partial charge in [-0.3, -0.25) is 4.79 Å². The Morgan fingerprint density at radius 3 is 2.36 bits per heavy atom. The third-order valence-corrected chi connectivity index (χ3v) is 5.17. The quantitative estimate of drug-likeness (QED) is 0.279. The minimum Gasteiger partial charge on any atom is -0.455 e. The number of para-hydroxylation sites is 4. The van der Waals surface area contributed by atoms with E-state index < -0.39 is 5.91 Å². The number of carbonyl (C=O) groups excluding carboxylic acids is 1. The summed E-state index contributed by atoms with van der Waals surface area (Å²) in [5, 5.41) is 17.2. The number of anilines is 1. The fourth-order valence-electron chi connectivity index (χ4n) is 3.17. The Morgan fingerprint density at radius 2 is 1.67 bits per heavy atom. The van der Waals surface area contributed by atoms with Gasteiger partial charge in [-0.2, -0.15) is 10.4 Å². The largest absolute Gasteiger partial charge is 0.455 e. The lowest BCUT2D eigenvalue weighted by molar-refractivity contribution is -0.112. The monoisotopic (exact) mass is 454 g/mol. The van der Waals surface area contributed by atoms with Gasteiger partial charge in [0, 0.05) is 5.56 Å². The molecule has 0 aliphatic heterocycles. The average molecular weight is 455 g/mol. The number of carbonyl (C=O) groups is 1. The molecule has 0 radical (unpaired) electrons. The molecule has 33 heavy (non-hydrogen) atoms. The molecule has 0 atom stereocenters. The van der Waals surface area contributed by atoms with Crippen LogP contribution in [0.1, 0.15) is 11.3 Å². The van der Waals surface area contributed by atoms with Crippen LogP contribution in [0.2, 0.25) is 5.15 Å². The van der Waals surface area contributed by atoms with Crippen molar-refractivity contribution in [3.63, 3.8) is 0 Å². The van der Waals surface area contributed by atoms with Gasteiger partial charge < -0.3 is 10.1 Å². The lowest BCUT2D eigenvalue weighted by atomic mass is 10.1. The summed E-state index contributed by atoms with van der Waals surface area (Å²) in [4.78, 5) is 12.9. The van der Waals surface area contributed by atoms with Gasteiger partial charge in [0.2, 0.25) is 0 Å². The Balaban J connectivity index is 1.61. The van der Waals surface area contributed by atoms with Crippen molar-refractivity contribution in [3.05, 3.63) is 107 Å². The second-order valence-electron chi connectivity index (χ2n) is 7.07. The van der Waals surface area contributed by atoms with Crippen molar-refractivity contribution < 1.29 is 9.53 Å². The summed E-state index contributed by atoms with van der Waals surface area (Å²) >= 11 is 6.54. The van der Waals surface area contributed by atoms with E-state index in [1.807, 2.05) is 66.7 Å². The molecule has 1 heterocycles. The first-order valence-corrected chi connectivity index (χ1v) is 10.5. The van der Waals surface area contributed by atoms with Crippen LogP contribution in [0.5, 0.6) is 11.5 Å². The fraction of sp³-hybridized carbons (Fsp3) is 0.0385. The van der Waals surface area contributed by atoms with Crippen LogP contribution < -0.4 is 10.1 Å². The minimum absolute atomic E-state index is 0.109. The summed E-state index contributed by atoms with van der Waals surface area (Å²) in [6.07, 6.45) is 1.44. The summed E-state index contributed by atoms with van der Waals surface area (Å²) in [7, 11) is 0. The molecule has 1 aromatic heterocycles. The van der Waals surface area contributed by atoms with Crippen molar-refractivity contribution in [1.82, 2.24) is 9.78 Å². The van der Waals surface area contributed by atoms with Gasteiger partial charge in [-0.1, -0.05) is 60.1 Å². The molecule has 0 saturated carbocycles. The zero-order chi connectivity index (χ0) is 23.2. The van der Waals surface area contributed by atoms with E-state index in [9.17, 15) is 10.1 Å². The molecular weight excluding hydrogens is 436 g/mol. The number of nitrogens with zero attached hydrogens (tertiary/aromatic N) is 3. The number of aryl methyl sites for hydroxylation is 1. The zero-order valence-corrected chi connectivity index (χ0v) is 18.5. The fourth-order valence-corrected chi connectivity index (χ4v) is 3.50. The topological polar surface area (TPSA) is 79.9 Å². The molecule has 3 aromatic carbocycles. The summed E-state index contributed by atoms with van der Waals surface area (Å²) < 4.78 is 7.45. The van der Waals surface area contributed by atoms with Crippen LogP contribution in [0, 0.1) is 18.3 Å². The van der Waals surface area contributed by atoms with Gasteiger partial charge in [0.25, 0.3) is 5.91 Å². The molecular formula is C26H19ClN4O2. The van der Waals surface area contributed by atoms with Crippen LogP contribution in [0.4, 0.5) is 5.69 Å². The van der Waals surface area contributed by atoms with Crippen molar-refractivity contribution in [3.8, 4) is 23.3 Å². The summed E-state index contributed by atoms with van der Waals surface area (Å²) in [5.41, 5.74) is 2.20. The highest BCUT2D eigenvalue weighted by molar-refractivity contribution is 6.31. The molecule has 1 amide bonds. The highest BCUT2D eigenvalue weighted by Crippen LogP contribution is 2.30. The standard InChI is InChI=1S/C26H19ClN4O2/c1-18-22(25(27)31(30-18)20-10-4-2-5-11-20)16-19(17-28)26(32)29-23-14-8-9-15-24(23)33-21-12-6-3-7-13-21/h2-16H,1H3,(H,29,32)/b19-16+. The first-order valence-electron chi connectivity index (χ1n) is 10.1. The normalized spacial score (nSPS) is 11.0. The van der Waals surface area contributed by atoms with E-state index in [1.54, 1.807) is 35.9 Å². The molecule has 1 N–H and O–H groups in total. The van der Waals surface area contributed by atoms with Crippen molar-refractivity contribution >= 4 is 29.3 Å². The number of rotatable bonds is 6. The van der Waals surface area contributed by atoms with Gasteiger partial charge in [0.15, 0.2) is 5.75 Å². The van der Waals surface area contributed by atoms with Gasteiger partial charge in [-0.05, 0) is 49.4 Å². The number of ether oxygens (including phenoxy) is 1. The van der Waals surface area contributed by atoms with Gasteiger partial charge >= 0.3 is 0 Å². The zero-order valence-electron chi connectivity index (χ0n) is 17.7. The highest BCUT2D eigenvalue weighted by atomic mass is 35.5. The Kier molecular flexibility index (Phi) is 6.53. The molecule has 0 spiro atoms. The number of aromatic nitrogens is 2. The number of nitrogens with one attached hydrogen (secondary N) is 1. The van der Waals surface area contributed by atoms with Crippen LogP contribution in [-0.2, 0) is 4.79 Å². The number of nitriles is 1. The molecule has 162 valence electrons. The van der Waals surface area contributed by atoms with Crippen LogP contribution in [0.3, 0.4) is 0 Å². The maximum Gasteiger partial charge on any atom is 0.266 e. The average Bonchev–Trinajstić information content (AvgIpc) is 3.13. The summed E-state index contributed by atoms with van der Waals surface area (Å²) in [5.74, 6) is 0.510. The third-order valence-electron chi connectivity index (χ3n) is 4.81. The Morgan fingerprint density at radius 1 is 1.03 bits per heavy atom. The Bertz CT molecular complexity index is 1360. The summed E-state index contributed by atoms with van der Waals surface area (Å²) in [6, 6.07) is 27.6. The van der Waals surface area contributed by atoms with E-state index in [0.29, 0.717) is 33.6 Å². The molecule has 4 aromatic rings. The van der Waals surface area contributed by atoms with Crippen LogP contribution in [-0.4, -0.2) is 15.7 Å². The van der Waals surface area contributed by atoms with E-state index in [4.69, 9.17) is 16.3 Å². The molecule has 0 unspecified atom stereocenters. The molecule has 7 heteroatoms. The van der Waals surface area contributed by atoms with E-state index in [0.717, 1.165) is 5.69 Å². The smallest absolute Gasteiger partial charge is 0.266 e. The number of halogens is 1. The second-order valence-corrected chi connectivity index (χ2v) is 7.43. The molecule has 0 fully saturated rings. The first kappa shape index (κ1) is 21.9. The Labute approximate surface area is 196 Å². The first-order chi connectivity index (χ1) is 16.1. The van der Waals surface area contributed by atoms with E-state index in [1.165, 1.54) is 6.08 Å². The van der Waals surface area contributed by atoms with E-state index in [2.05, 4.69) is 10.4 Å². The molecule has 0 aliphatic carbocycles. The van der Waals surface area contributed by atoms with Gasteiger partial charge in [0.05, 0.1) is 17.1 Å². The lowest BCUT2D eigenvalue weighted by Gasteiger charge is -2.12. The van der Waals surface area contributed by atoms with Crippen molar-refractivity contribution in [2.75, 3.05) is 5.32 Å². The van der Waals surface area contributed by atoms with E-state index >= 15 is 0 Å². The van der Waals surface area contributed by atoms with Crippen molar-refractivity contribution in [1.29, 1.82) is 5.26 Å². The number of amides is 1. The molecule has 6 nitrogen and oxygen atoms in total. The molecule has 4 rings (SSSR count). The van der Waals surface area contributed by atoms with Gasteiger partial charge in [-0.15, -0.1) is 0 Å². The predicted octanol–water partition coefficient (Wildman–Crippen LogP) is 6.17. The van der Waals surface area contributed by atoms with Crippen molar-refractivity contribution in [2.45, 2.75) is 6.92 Å². The SMILES string of the molecule is Cc1nn(-c2ccccc2)c(Cl)c1/C=C(\C#N)C(=O)Nc1ccccc1Oc1ccccc1. The number of hydrogen-bond donors (Lipinski definition) is 1. The number of benzene rings is 3. The van der Waals surface area contributed by atoms with Crippen LogP contribution >= 0.6 is 11.6 Å². The maximum atomic E-state index is 12.9. The highest BCUT2D eigenvalue weighted by Gasteiger charge is 2.18. The minimum atomic E-state index is -0.579.